The third-order valence-corrected chi connectivity index (χ3v) is 6.70. The molecule has 0 bridgehead atoms. The number of benzene rings is 1. The van der Waals surface area contributed by atoms with Crippen LogP contribution in [0, 0.1) is 6.92 Å². The Labute approximate surface area is 199 Å². The van der Waals surface area contributed by atoms with Gasteiger partial charge in [0.05, 0.1) is 42.4 Å². The van der Waals surface area contributed by atoms with Crippen molar-refractivity contribution in [2.24, 2.45) is 7.05 Å². The summed E-state index contributed by atoms with van der Waals surface area (Å²) in [5.41, 5.74) is 2.96. The van der Waals surface area contributed by atoms with Gasteiger partial charge in [-0.3, -0.25) is 4.79 Å². The van der Waals surface area contributed by atoms with Gasteiger partial charge in [0.25, 0.3) is 5.56 Å². The molecule has 10 heteroatoms. The van der Waals surface area contributed by atoms with Crippen LogP contribution in [0.4, 0.5) is 5.82 Å². The molecule has 0 fully saturated rings. The minimum Gasteiger partial charge on any atom is -0.497 e. The summed E-state index contributed by atoms with van der Waals surface area (Å²) in [4.78, 5) is 22.4. The van der Waals surface area contributed by atoms with Gasteiger partial charge in [0, 0.05) is 30.6 Å². The van der Waals surface area contributed by atoms with Gasteiger partial charge in [-0.2, -0.15) is 5.10 Å². The number of nitrogens with zero attached hydrogens (tertiary/aromatic N) is 5. The van der Waals surface area contributed by atoms with Crippen LogP contribution in [0.15, 0.2) is 47.4 Å². The third kappa shape index (κ3) is 3.86. The zero-order chi connectivity index (χ0) is 23.8. The van der Waals surface area contributed by atoms with Crippen LogP contribution in [0.25, 0.3) is 21.3 Å². The molecule has 4 aromatic heterocycles. The van der Waals surface area contributed by atoms with E-state index in [2.05, 4.69) is 20.4 Å². The zero-order valence-electron chi connectivity index (χ0n) is 19.3. The number of methoxy groups -OCH3 is 2. The van der Waals surface area contributed by atoms with Gasteiger partial charge in [0.1, 0.15) is 22.8 Å². The highest BCUT2D eigenvalue weighted by Crippen LogP contribution is 2.30. The minimum absolute atomic E-state index is 0.161. The van der Waals surface area contributed by atoms with E-state index in [0.29, 0.717) is 17.9 Å². The second kappa shape index (κ2) is 8.79. The first kappa shape index (κ1) is 21.9. The van der Waals surface area contributed by atoms with Crippen LogP contribution in [0.1, 0.15) is 16.3 Å². The molecular formula is C24H24N6O3S. The van der Waals surface area contributed by atoms with Crippen LogP contribution in [0.3, 0.4) is 0 Å². The van der Waals surface area contributed by atoms with Crippen molar-refractivity contribution in [1.82, 2.24) is 24.3 Å². The minimum atomic E-state index is -0.161. The molecule has 0 amide bonds. The molecule has 0 aliphatic heterocycles. The van der Waals surface area contributed by atoms with E-state index in [4.69, 9.17) is 9.47 Å². The Balaban J connectivity index is 1.38. The maximum atomic E-state index is 13.2. The molecule has 1 aromatic carbocycles. The standard InChI is InChI=1S/C24H24N6O3S/c1-14-27-23-22(34-14)18-12-26-30(24(31)21(18)29(23)2)13-16-6-5-7-20(28-16)25-11-15-8-9-17(32-3)10-19(15)33-4/h5-10,12H,11,13H2,1-4H3,(H,25,28). The predicted octanol–water partition coefficient (Wildman–Crippen LogP) is 3.73. The van der Waals surface area contributed by atoms with Gasteiger partial charge >= 0.3 is 0 Å². The smallest absolute Gasteiger partial charge is 0.291 e. The number of anilines is 1. The second-order valence-electron chi connectivity index (χ2n) is 7.86. The summed E-state index contributed by atoms with van der Waals surface area (Å²) < 4.78 is 15.0. The predicted molar refractivity (Wildman–Crippen MR) is 133 cm³/mol. The highest BCUT2D eigenvalue weighted by Gasteiger charge is 2.17. The molecule has 34 heavy (non-hydrogen) atoms. The first-order valence-corrected chi connectivity index (χ1v) is 11.5. The van der Waals surface area contributed by atoms with Crippen molar-refractivity contribution in [2.75, 3.05) is 19.5 Å². The van der Waals surface area contributed by atoms with Crippen LogP contribution in [-0.4, -0.2) is 38.5 Å². The van der Waals surface area contributed by atoms with Gasteiger partial charge in [-0.05, 0) is 31.2 Å². The number of hydrogen-bond acceptors (Lipinski definition) is 8. The molecule has 0 spiro atoms. The number of nitrogens with one attached hydrogen (secondary N) is 1. The fourth-order valence-corrected chi connectivity index (χ4v) is 4.97. The van der Waals surface area contributed by atoms with E-state index in [0.717, 1.165) is 43.5 Å². The molecule has 0 unspecified atom stereocenters. The molecule has 0 saturated carbocycles. The SMILES string of the molecule is COc1ccc(CNc2cccc(Cn3ncc4c5sc(C)nc5n(C)c4c3=O)n2)c(OC)c1. The maximum absolute atomic E-state index is 13.2. The fourth-order valence-electron chi connectivity index (χ4n) is 4.01. The Kier molecular flexibility index (Phi) is 5.66. The van der Waals surface area contributed by atoms with Gasteiger partial charge < -0.3 is 19.4 Å². The molecule has 0 atom stereocenters. The van der Waals surface area contributed by atoms with E-state index in [-0.39, 0.29) is 12.1 Å². The lowest BCUT2D eigenvalue weighted by Crippen LogP contribution is -2.25. The number of aromatic nitrogens is 5. The van der Waals surface area contributed by atoms with Crippen LogP contribution in [0.2, 0.25) is 0 Å². The molecule has 0 radical (unpaired) electrons. The summed E-state index contributed by atoms with van der Waals surface area (Å²) in [6, 6.07) is 11.4. The van der Waals surface area contributed by atoms with E-state index >= 15 is 0 Å². The van der Waals surface area contributed by atoms with Crippen molar-refractivity contribution in [1.29, 1.82) is 0 Å². The summed E-state index contributed by atoms with van der Waals surface area (Å²) in [6.45, 7) is 2.75. The lowest BCUT2D eigenvalue weighted by atomic mass is 10.2. The van der Waals surface area contributed by atoms with Crippen molar-refractivity contribution in [2.45, 2.75) is 20.0 Å². The second-order valence-corrected chi connectivity index (χ2v) is 9.06. The maximum Gasteiger partial charge on any atom is 0.291 e. The highest BCUT2D eigenvalue weighted by atomic mass is 32.1. The average molecular weight is 477 g/mol. The average Bonchev–Trinajstić information content (AvgIpc) is 3.35. The van der Waals surface area contributed by atoms with Crippen molar-refractivity contribution >= 4 is 38.4 Å². The number of fused-ring (bicyclic) bond motifs is 3. The Morgan fingerprint density at radius 2 is 1.97 bits per heavy atom. The molecule has 5 rings (SSSR count). The Bertz CT molecular complexity index is 1570. The molecule has 0 aliphatic carbocycles. The van der Waals surface area contributed by atoms with Crippen LogP contribution >= 0.6 is 11.3 Å². The number of ether oxygens (including phenoxy) is 2. The largest absolute Gasteiger partial charge is 0.497 e. The first-order valence-electron chi connectivity index (χ1n) is 10.7. The number of aryl methyl sites for hydroxylation is 2. The lowest BCUT2D eigenvalue weighted by molar-refractivity contribution is 0.391. The van der Waals surface area contributed by atoms with Gasteiger partial charge in [-0.15, -0.1) is 11.3 Å². The van der Waals surface area contributed by atoms with Gasteiger partial charge in [-0.1, -0.05) is 6.07 Å². The number of hydrogen-bond donors (Lipinski definition) is 1. The zero-order valence-corrected chi connectivity index (χ0v) is 20.1. The van der Waals surface area contributed by atoms with Gasteiger partial charge in [0.2, 0.25) is 0 Å². The van der Waals surface area contributed by atoms with Crippen molar-refractivity contribution < 1.29 is 9.47 Å². The van der Waals surface area contributed by atoms with Crippen LogP contribution in [-0.2, 0) is 20.1 Å². The molecule has 4 heterocycles. The van der Waals surface area contributed by atoms with E-state index in [1.54, 1.807) is 31.8 Å². The van der Waals surface area contributed by atoms with E-state index < -0.39 is 0 Å². The Hall–Kier alpha value is -3.92. The summed E-state index contributed by atoms with van der Waals surface area (Å²) in [7, 11) is 5.12. The summed E-state index contributed by atoms with van der Waals surface area (Å²) >= 11 is 1.57. The summed E-state index contributed by atoms with van der Waals surface area (Å²) in [6.07, 6.45) is 1.74. The van der Waals surface area contributed by atoms with E-state index in [9.17, 15) is 4.79 Å². The van der Waals surface area contributed by atoms with Gasteiger partial charge in [-0.25, -0.2) is 14.6 Å². The van der Waals surface area contributed by atoms with Crippen LogP contribution < -0.4 is 20.3 Å². The lowest BCUT2D eigenvalue weighted by Gasteiger charge is -2.12. The number of thiazole rings is 1. The molecule has 0 saturated heterocycles. The fraction of sp³-hybridized carbons (Fsp3) is 0.250. The molecular weight excluding hydrogens is 452 g/mol. The third-order valence-electron chi connectivity index (χ3n) is 5.71. The monoisotopic (exact) mass is 476 g/mol. The quantitative estimate of drug-likeness (QED) is 0.382. The van der Waals surface area contributed by atoms with Crippen molar-refractivity contribution in [3.8, 4) is 11.5 Å². The molecule has 5 aromatic rings. The summed E-state index contributed by atoms with van der Waals surface area (Å²) in [5, 5.41) is 9.54. The summed E-state index contributed by atoms with van der Waals surface area (Å²) in [5.74, 6) is 2.17. The molecule has 1 N–H and O–H groups in total. The highest BCUT2D eigenvalue weighted by molar-refractivity contribution is 7.19. The molecule has 9 nitrogen and oxygen atoms in total. The number of rotatable bonds is 7. The van der Waals surface area contributed by atoms with Crippen molar-refractivity contribution in [3.05, 3.63) is 69.2 Å². The van der Waals surface area contributed by atoms with Gasteiger partial charge in [0.15, 0.2) is 5.65 Å². The topological polar surface area (TPSA) is 96.1 Å². The molecule has 0 aliphatic rings. The normalized spacial score (nSPS) is 11.3. The number of pyridine rings is 1. The van der Waals surface area contributed by atoms with E-state index in [1.165, 1.54) is 4.68 Å². The Morgan fingerprint density at radius 1 is 1.12 bits per heavy atom. The van der Waals surface area contributed by atoms with Crippen LogP contribution in [0.5, 0.6) is 11.5 Å². The first-order chi connectivity index (χ1) is 16.5. The van der Waals surface area contributed by atoms with E-state index in [1.807, 2.05) is 54.9 Å². The molecule has 174 valence electrons. The van der Waals surface area contributed by atoms with Crippen molar-refractivity contribution in [3.63, 3.8) is 0 Å². The Morgan fingerprint density at radius 3 is 2.76 bits per heavy atom.